The van der Waals surface area contributed by atoms with Gasteiger partial charge in [0.05, 0.1) is 5.02 Å². The predicted molar refractivity (Wildman–Crippen MR) is 82.5 cm³/mol. The van der Waals surface area contributed by atoms with Crippen molar-refractivity contribution in [2.45, 2.75) is 39.3 Å². The molecule has 0 radical (unpaired) electrons. The molecule has 2 nitrogen and oxygen atoms in total. The van der Waals surface area contributed by atoms with Gasteiger partial charge in [0.25, 0.3) is 0 Å². The van der Waals surface area contributed by atoms with Crippen molar-refractivity contribution in [3.63, 3.8) is 0 Å². The average molecular weight is 299 g/mol. The van der Waals surface area contributed by atoms with Crippen molar-refractivity contribution >= 4 is 11.6 Å². The van der Waals surface area contributed by atoms with Gasteiger partial charge in [-0.25, -0.2) is 4.39 Å². The van der Waals surface area contributed by atoms with Crippen molar-refractivity contribution in [1.82, 2.24) is 10.2 Å². The highest BCUT2D eigenvalue weighted by Crippen LogP contribution is 2.18. The Bertz CT molecular complexity index is 430. The number of hydrogen-bond donors (Lipinski definition) is 1. The van der Waals surface area contributed by atoms with E-state index in [0.717, 1.165) is 12.1 Å². The molecule has 112 valence electrons. The monoisotopic (exact) mass is 298 g/mol. The summed E-state index contributed by atoms with van der Waals surface area (Å²) in [6, 6.07) is 5.57. The van der Waals surface area contributed by atoms with Gasteiger partial charge in [-0.05, 0) is 49.5 Å². The lowest BCUT2D eigenvalue weighted by molar-refractivity contribution is 0.186. The zero-order chi connectivity index (χ0) is 14.5. The average Bonchev–Trinajstić information content (AvgIpc) is 2.92. The van der Waals surface area contributed by atoms with E-state index >= 15 is 0 Å². The summed E-state index contributed by atoms with van der Waals surface area (Å²) in [6.45, 7) is 8.59. The van der Waals surface area contributed by atoms with Gasteiger partial charge in [0.15, 0.2) is 0 Å². The summed E-state index contributed by atoms with van der Waals surface area (Å²) in [6.07, 6.45) is 2.62. The largest absolute Gasteiger partial charge is 0.311 e. The van der Waals surface area contributed by atoms with Crippen LogP contribution >= 0.6 is 11.6 Å². The highest BCUT2D eigenvalue weighted by molar-refractivity contribution is 6.30. The lowest BCUT2D eigenvalue weighted by Crippen LogP contribution is -2.44. The smallest absolute Gasteiger partial charge is 0.142 e. The van der Waals surface area contributed by atoms with E-state index in [2.05, 4.69) is 24.1 Å². The summed E-state index contributed by atoms with van der Waals surface area (Å²) in [5.41, 5.74) is 0.941. The Morgan fingerprint density at radius 1 is 1.30 bits per heavy atom. The van der Waals surface area contributed by atoms with Crippen LogP contribution in [0.25, 0.3) is 0 Å². The van der Waals surface area contributed by atoms with Gasteiger partial charge in [0.1, 0.15) is 5.82 Å². The second kappa shape index (κ2) is 7.39. The number of benzene rings is 1. The number of hydrogen-bond acceptors (Lipinski definition) is 2. The minimum absolute atomic E-state index is 0.186. The Hall–Kier alpha value is -0.640. The van der Waals surface area contributed by atoms with Gasteiger partial charge in [-0.1, -0.05) is 31.5 Å². The van der Waals surface area contributed by atoms with E-state index in [1.807, 2.05) is 6.07 Å². The molecule has 4 heteroatoms. The molecular weight excluding hydrogens is 275 g/mol. The number of likely N-dealkylation sites (tertiary alicyclic amines) is 1. The van der Waals surface area contributed by atoms with Crippen LogP contribution in [0.4, 0.5) is 4.39 Å². The van der Waals surface area contributed by atoms with Gasteiger partial charge in [0, 0.05) is 19.1 Å². The molecule has 1 atom stereocenters. The van der Waals surface area contributed by atoms with Crippen LogP contribution in [0, 0.1) is 11.7 Å². The molecule has 0 spiro atoms. The number of halogens is 2. The number of nitrogens with zero attached hydrogens (tertiary/aromatic N) is 1. The molecule has 0 bridgehead atoms. The van der Waals surface area contributed by atoms with Gasteiger partial charge >= 0.3 is 0 Å². The first-order valence-corrected chi connectivity index (χ1v) is 7.84. The Morgan fingerprint density at radius 3 is 2.60 bits per heavy atom. The lowest BCUT2D eigenvalue weighted by Gasteiger charge is -2.31. The zero-order valence-electron chi connectivity index (χ0n) is 12.3. The van der Waals surface area contributed by atoms with Crippen molar-refractivity contribution in [1.29, 1.82) is 0 Å². The van der Waals surface area contributed by atoms with E-state index in [4.69, 9.17) is 11.6 Å². The fourth-order valence-electron chi connectivity index (χ4n) is 2.87. The van der Waals surface area contributed by atoms with E-state index in [0.29, 0.717) is 18.5 Å². The third-order valence-electron chi connectivity index (χ3n) is 4.05. The van der Waals surface area contributed by atoms with Crippen LogP contribution in [-0.4, -0.2) is 30.6 Å². The highest BCUT2D eigenvalue weighted by atomic mass is 35.5. The number of rotatable bonds is 6. The molecule has 0 aromatic heterocycles. The quantitative estimate of drug-likeness (QED) is 0.862. The van der Waals surface area contributed by atoms with Crippen molar-refractivity contribution < 1.29 is 4.39 Å². The van der Waals surface area contributed by atoms with E-state index in [-0.39, 0.29) is 10.8 Å². The van der Waals surface area contributed by atoms with Gasteiger partial charge in [-0.3, -0.25) is 4.90 Å². The topological polar surface area (TPSA) is 15.3 Å². The SMILES string of the molecule is CC(C)C(CNCc1ccc(Cl)c(F)c1)N1CCCC1. The molecule has 1 unspecified atom stereocenters. The Balaban J connectivity index is 1.84. The molecule has 0 saturated carbocycles. The van der Waals surface area contributed by atoms with E-state index in [9.17, 15) is 4.39 Å². The first-order chi connectivity index (χ1) is 9.58. The molecule has 1 saturated heterocycles. The molecule has 2 rings (SSSR count). The summed E-state index contributed by atoms with van der Waals surface area (Å²) < 4.78 is 13.4. The Morgan fingerprint density at radius 2 is 2.00 bits per heavy atom. The Labute approximate surface area is 126 Å². The van der Waals surface area contributed by atoms with Crippen LogP contribution < -0.4 is 5.32 Å². The predicted octanol–water partition coefficient (Wildman–Crippen LogP) is 3.69. The van der Waals surface area contributed by atoms with Crippen molar-refractivity contribution in [3.05, 3.63) is 34.6 Å². The molecule has 0 aliphatic carbocycles. The second-order valence-electron chi connectivity index (χ2n) is 5.93. The van der Waals surface area contributed by atoms with Gasteiger partial charge in [-0.2, -0.15) is 0 Å². The standard InChI is InChI=1S/C16H24ClFN2/c1-12(2)16(20-7-3-4-8-20)11-19-10-13-5-6-14(17)15(18)9-13/h5-6,9,12,16,19H,3-4,7-8,10-11H2,1-2H3. The van der Waals surface area contributed by atoms with Crippen LogP contribution in [0.1, 0.15) is 32.3 Å². The maximum Gasteiger partial charge on any atom is 0.142 e. The summed E-state index contributed by atoms with van der Waals surface area (Å²) in [7, 11) is 0. The van der Waals surface area contributed by atoms with Gasteiger partial charge < -0.3 is 5.32 Å². The first-order valence-electron chi connectivity index (χ1n) is 7.46. The van der Waals surface area contributed by atoms with Crippen molar-refractivity contribution in [2.24, 2.45) is 5.92 Å². The van der Waals surface area contributed by atoms with E-state index in [1.165, 1.54) is 32.0 Å². The molecule has 1 aliphatic heterocycles. The zero-order valence-corrected chi connectivity index (χ0v) is 13.1. The van der Waals surface area contributed by atoms with Crippen LogP contribution in [0.3, 0.4) is 0 Å². The van der Waals surface area contributed by atoms with Gasteiger partial charge in [-0.15, -0.1) is 0 Å². The van der Waals surface area contributed by atoms with Crippen molar-refractivity contribution in [3.8, 4) is 0 Å². The molecule has 1 N–H and O–H groups in total. The molecule has 1 aliphatic rings. The van der Waals surface area contributed by atoms with Crippen LogP contribution in [0.15, 0.2) is 18.2 Å². The lowest BCUT2D eigenvalue weighted by atomic mass is 10.0. The molecule has 0 amide bonds. The second-order valence-corrected chi connectivity index (χ2v) is 6.34. The first kappa shape index (κ1) is 15.7. The fourth-order valence-corrected chi connectivity index (χ4v) is 2.99. The minimum atomic E-state index is -0.342. The minimum Gasteiger partial charge on any atom is -0.311 e. The molecule has 1 fully saturated rings. The maximum atomic E-state index is 13.4. The van der Waals surface area contributed by atoms with Crippen LogP contribution in [0.5, 0.6) is 0 Å². The summed E-state index contributed by atoms with van der Waals surface area (Å²) in [5, 5.41) is 3.64. The number of nitrogens with one attached hydrogen (secondary N) is 1. The third kappa shape index (κ3) is 4.18. The fraction of sp³-hybridized carbons (Fsp3) is 0.625. The van der Waals surface area contributed by atoms with Crippen LogP contribution in [0.2, 0.25) is 5.02 Å². The van der Waals surface area contributed by atoms with Crippen LogP contribution in [-0.2, 0) is 6.54 Å². The third-order valence-corrected chi connectivity index (χ3v) is 4.35. The maximum absolute atomic E-state index is 13.4. The van der Waals surface area contributed by atoms with Crippen molar-refractivity contribution in [2.75, 3.05) is 19.6 Å². The molecule has 1 aromatic carbocycles. The van der Waals surface area contributed by atoms with E-state index < -0.39 is 0 Å². The molecular formula is C16H24ClFN2. The molecule has 1 heterocycles. The van der Waals surface area contributed by atoms with Gasteiger partial charge in [0.2, 0.25) is 0 Å². The highest BCUT2D eigenvalue weighted by Gasteiger charge is 2.23. The summed E-state index contributed by atoms with van der Waals surface area (Å²) in [4.78, 5) is 2.57. The Kier molecular flexibility index (Phi) is 5.82. The van der Waals surface area contributed by atoms with E-state index in [1.54, 1.807) is 6.07 Å². The summed E-state index contributed by atoms with van der Waals surface area (Å²) in [5.74, 6) is 0.286. The molecule has 20 heavy (non-hydrogen) atoms. The molecule has 1 aromatic rings. The summed E-state index contributed by atoms with van der Waals surface area (Å²) >= 11 is 5.69. The normalized spacial score (nSPS) is 17.9.